The van der Waals surface area contributed by atoms with Gasteiger partial charge in [0.05, 0.1) is 16.4 Å². The molecule has 0 saturated carbocycles. The Balaban J connectivity index is 0.879. The van der Waals surface area contributed by atoms with E-state index in [1.54, 1.807) is 0 Å². The van der Waals surface area contributed by atoms with E-state index in [1.165, 1.54) is 60.8 Å². The monoisotopic (exact) mass is 892 g/mol. The average molecular weight is 893 g/mol. The molecule has 11 aromatic carbocycles. The highest BCUT2D eigenvalue weighted by atomic mass is 16.3. The van der Waals surface area contributed by atoms with Gasteiger partial charge < -0.3 is 13.9 Å². The molecule has 2 heterocycles. The summed E-state index contributed by atoms with van der Waals surface area (Å²) in [5.41, 5.74) is 20.4. The maximum absolute atomic E-state index is 6.16. The molecule has 328 valence electrons. The second kappa shape index (κ2) is 16.0. The van der Waals surface area contributed by atoms with Gasteiger partial charge in [-0.2, -0.15) is 0 Å². The van der Waals surface area contributed by atoms with Crippen molar-refractivity contribution in [3.8, 4) is 39.1 Å². The molecule has 70 heavy (non-hydrogen) atoms. The van der Waals surface area contributed by atoms with E-state index in [0.717, 1.165) is 61.4 Å². The molecule has 0 unspecified atom stereocenters. The lowest BCUT2D eigenvalue weighted by molar-refractivity contribution is 0.669. The first-order valence-corrected chi connectivity index (χ1v) is 24.1. The largest absolute Gasteiger partial charge is 0.456 e. The number of benzene rings is 11. The van der Waals surface area contributed by atoms with Gasteiger partial charge >= 0.3 is 0 Å². The van der Waals surface area contributed by atoms with E-state index in [9.17, 15) is 0 Å². The van der Waals surface area contributed by atoms with Gasteiger partial charge in [-0.1, -0.05) is 182 Å². The predicted octanol–water partition coefficient (Wildman–Crippen LogP) is 17.8. The van der Waals surface area contributed by atoms with Crippen LogP contribution in [0.1, 0.15) is 22.3 Å². The minimum absolute atomic E-state index is 0.476. The van der Waals surface area contributed by atoms with E-state index >= 15 is 0 Å². The van der Waals surface area contributed by atoms with Crippen LogP contribution < -0.4 is 4.90 Å². The molecule has 0 amide bonds. The fourth-order valence-electron chi connectivity index (χ4n) is 11.6. The van der Waals surface area contributed by atoms with Crippen LogP contribution in [-0.4, -0.2) is 4.57 Å². The van der Waals surface area contributed by atoms with Crippen LogP contribution in [0.15, 0.2) is 271 Å². The molecule has 2 aromatic heterocycles. The molecule has 0 aliphatic heterocycles. The Morgan fingerprint density at radius 2 is 0.786 bits per heavy atom. The lowest BCUT2D eigenvalue weighted by Gasteiger charge is -2.34. The zero-order valence-corrected chi connectivity index (χ0v) is 38.2. The van der Waals surface area contributed by atoms with Crippen LogP contribution >= 0.6 is 0 Å². The van der Waals surface area contributed by atoms with Gasteiger partial charge in [-0.05, 0) is 141 Å². The van der Waals surface area contributed by atoms with Gasteiger partial charge in [-0.3, -0.25) is 0 Å². The van der Waals surface area contributed by atoms with Gasteiger partial charge in [-0.15, -0.1) is 0 Å². The van der Waals surface area contributed by atoms with Gasteiger partial charge in [-0.25, -0.2) is 0 Å². The van der Waals surface area contributed by atoms with Gasteiger partial charge in [0.1, 0.15) is 11.2 Å². The number of rotatable bonds is 8. The van der Waals surface area contributed by atoms with Crippen molar-refractivity contribution < 1.29 is 4.42 Å². The third-order valence-corrected chi connectivity index (χ3v) is 14.7. The van der Waals surface area contributed by atoms with Crippen LogP contribution in [0.3, 0.4) is 0 Å². The Morgan fingerprint density at radius 3 is 1.44 bits per heavy atom. The Hall–Kier alpha value is -9.18. The Morgan fingerprint density at radius 1 is 0.314 bits per heavy atom. The summed E-state index contributed by atoms with van der Waals surface area (Å²) in [6.45, 7) is 0. The van der Waals surface area contributed by atoms with Crippen molar-refractivity contribution in [2.45, 2.75) is 5.41 Å². The number of aromatic nitrogens is 1. The van der Waals surface area contributed by atoms with E-state index in [2.05, 4.69) is 264 Å². The lowest BCUT2D eigenvalue weighted by Crippen LogP contribution is -2.28. The first-order chi connectivity index (χ1) is 34.7. The number of furan rings is 1. The molecule has 0 N–H and O–H groups in total. The smallest absolute Gasteiger partial charge is 0.135 e. The fourth-order valence-corrected chi connectivity index (χ4v) is 11.6. The van der Waals surface area contributed by atoms with Crippen molar-refractivity contribution in [3.63, 3.8) is 0 Å². The van der Waals surface area contributed by atoms with Crippen molar-refractivity contribution in [1.82, 2.24) is 4.57 Å². The minimum atomic E-state index is -0.476. The summed E-state index contributed by atoms with van der Waals surface area (Å²) < 4.78 is 8.54. The Labute approximate surface area is 406 Å². The van der Waals surface area contributed by atoms with E-state index < -0.39 is 5.41 Å². The summed E-state index contributed by atoms with van der Waals surface area (Å²) >= 11 is 0. The predicted molar refractivity (Wildman–Crippen MR) is 291 cm³/mol. The maximum Gasteiger partial charge on any atom is 0.135 e. The summed E-state index contributed by atoms with van der Waals surface area (Å²) in [6.07, 6.45) is 0. The van der Waals surface area contributed by atoms with Crippen molar-refractivity contribution in [1.29, 1.82) is 0 Å². The highest BCUT2D eigenvalue weighted by Gasteiger charge is 2.45. The van der Waals surface area contributed by atoms with Gasteiger partial charge in [0.2, 0.25) is 0 Å². The number of anilines is 3. The minimum Gasteiger partial charge on any atom is -0.456 e. The fraction of sp³-hybridized carbons (Fsp3) is 0.0149. The molecule has 1 aliphatic carbocycles. The molecular formula is C67H44N2O. The summed E-state index contributed by atoms with van der Waals surface area (Å²) in [5, 5.41) is 4.77. The molecule has 14 rings (SSSR count). The van der Waals surface area contributed by atoms with Crippen LogP contribution in [0.25, 0.3) is 82.8 Å². The quantitative estimate of drug-likeness (QED) is 0.152. The molecule has 3 nitrogen and oxygen atoms in total. The van der Waals surface area contributed by atoms with Gasteiger partial charge in [0.25, 0.3) is 0 Å². The summed E-state index contributed by atoms with van der Waals surface area (Å²) in [4.78, 5) is 2.38. The molecule has 0 atom stereocenters. The van der Waals surface area contributed by atoms with Crippen LogP contribution in [-0.2, 0) is 5.41 Å². The summed E-state index contributed by atoms with van der Waals surface area (Å²) in [6, 6.07) is 97.3. The van der Waals surface area contributed by atoms with Crippen LogP contribution in [0.2, 0.25) is 0 Å². The number of hydrogen-bond acceptors (Lipinski definition) is 2. The topological polar surface area (TPSA) is 21.3 Å². The normalized spacial score (nSPS) is 12.7. The highest BCUT2D eigenvalue weighted by molar-refractivity contribution is 6.09. The number of fused-ring (bicyclic) bond motifs is 9. The Kier molecular flexibility index (Phi) is 9.11. The average Bonchev–Trinajstić information content (AvgIpc) is 4.08. The van der Waals surface area contributed by atoms with Crippen molar-refractivity contribution in [3.05, 3.63) is 289 Å². The summed E-state index contributed by atoms with van der Waals surface area (Å²) in [7, 11) is 0. The molecule has 0 bridgehead atoms. The first kappa shape index (κ1) is 39.9. The summed E-state index contributed by atoms with van der Waals surface area (Å²) in [5.74, 6) is 0. The standard InChI is InChI=1S/C67H44N2O/c1-2-17-49(18-3-1)67(61-24-9-4-19-55(61)56-20-5-10-25-62(56)67)50-32-36-52(37-33-50)68(53-38-40-54(41-39-53)69-63-26-11-6-21-57(63)58-22-7-12-27-64(58)69)51-34-29-45(30-35-51)46-15-14-16-47(43-46)48-31-42-66-60(44-48)59-23-8-13-28-65(59)70-66/h1-44H. The van der Waals surface area contributed by atoms with E-state index in [0.29, 0.717) is 0 Å². The van der Waals surface area contributed by atoms with Crippen LogP contribution in [0, 0.1) is 0 Å². The number of para-hydroxylation sites is 3. The zero-order valence-electron chi connectivity index (χ0n) is 38.2. The highest BCUT2D eigenvalue weighted by Crippen LogP contribution is 2.56. The molecule has 0 spiro atoms. The van der Waals surface area contributed by atoms with E-state index in [4.69, 9.17) is 4.42 Å². The van der Waals surface area contributed by atoms with Gasteiger partial charge in [0.15, 0.2) is 0 Å². The van der Waals surface area contributed by atoms with Crippen LogP contribution in [0.5, 0.6) is 0 Å². The molecule has 0 radical (unpaired) electrons. The maximum atomic E-state index is 6.16. The zero-order chi connectivity index (χ0) is 46.2. The number of nitrogens with zero attached hydrogens (tertiary/aromatic N) is 2. The second-order valence-corrected chi connectivity index (χ2v) is 18.4. The van der Waals surface area contributed by atoms with E-state index in [-0.39, 0.29) is 0 Å². The van der Waals surface area contributed by atoms with Crippen molar-refractivity contribution in [2.75, 3.05) is 4.90 Å². The van der Waals surface area contributed by atoms with Crippen molar-refractivity contribution >= 4 is 60.8 Å². The molecular weight excluding hydrogens is 849 g/mol. The first-order valence-electron chi connectivity index (χ1n) is 24.1. The van der Waals surface area contributed by atoms with Gasteiger partial charge in [0, 0.05) is 44.3 Å². The number of hydrogen-bond donors (Lipinski definition) is 0. The third kappa shape index (κ3) is 6.15. The Bertz CT molecular complexity index is 4010. The molecule has 13 aromatic rings. The SMILES string of the molecule is c1ccc(C2(c3ccc(N(c4ccc(-c5cccc(-c6ccc7oc8ccccc8c7c6)c5)cc4)c4ccc(-n5c6ccccc6c6ccccc65)cc4)cc3)c3ccccc3-c3ccccc32)cc1. The van der Waals surface area contributed by atoms with E-state index in [1.807, 2.05) is 12.1 Å². The van der Waals surface area contributed by atoms with Crippen LogP contribution in [0.4, 0.5) is 17.1 Å². The molecule has 0 fully saturated rings. The second-order valence-electron chi connectivity index (χ2n) is 18.4. The molecule has 3 heteroatoms. The molecule has 0 saturated heterocycles. The third-order valence-electron chi connectivity index (χ3n) is 14.7. The molecule has 1 aliphatic rings. The lowest BCUT2D eigenvalue weighted by atomic mass is 9.68. The van der Waals surface area contributed by atoms with Crippen molar-refractivity contribution in [2.24, 2.45) is 0 Å².